The van der Waals surface area contributed by atoms with Gasteiger partial charge >= 0.3 is 11.9 Å². The Morgan fingerprint density at radius 2 is 1.73 bits per heavy atom. The van der Waals surface area contributed by atoms with Crippen LogP contribution in [0.3, 0.4) is 0 Å². The molecule has 0 aliphatic carbocycles. The molecule has 5 nitrogen and oxygen atoms in total. The standard InChI is InChI=1S/C17H22O5/c1-12(2)10-21-16(18)13-5-7-14(8-6-13)17(19)22-11-15-4-3-9-20-15/h5-8,12,15H,3-4,9-11H2,1-2H3. The van der Waals surface area contributed by atoms with Gasteiger partial charge in [0.15, 0.2) is 0 Å². The quantitative estimate of drug-likeness (QED) is 0.756. The zero-order valence-corrected chi connectivity index (χ0v) is 13.0. The SMILES string of the molecule is CC(C)COC(=O)c1ccc(C(=O)OCC2CCCO2)cc1. The van der Waals surface area contributed by atoms with Gasteiger partial charge in [-0.05, 0) is 43.0 Å². The summed E-state index contributed by atoms with van der Waals surface area (Å²) in [6.45, 7) is 5.33. The Bertz CT molecular complexity index is 500. The number of rotatable bonds is 6. The van der Waals surface area contributed by atoms with Crippen molar-refractivity contribution in [3.63, 3.8) is 0 Å². The van der Waals surface area contributed by atoms with Gasteiger partial charge in [0.05, 0.1) is 23.8 Å². The van der Waals surface area contributed by atoms with E-state index in [-0.39, 0.29) is 24.6 Å². The number of carbonyl (C=O) groups excluding carboxylic acids is 2. The van der Waals surface area contributed by atoms with E-state index in [1.54, 1.807) is 24.3 Å². The molecule has 22 heavy (non-hydrogen) atoms. The third-order valence-corrected chi connectivity index (χ3v) is 3.33. The Morgan fingerprint density at radius 1 is 1.14 bits per heavy atom. The molecule has 1 heterocycles. The molecular weight excluding hydrogens is 284 g/mol. The van der Waals surface area contributed by atoms with E-state index in [2.05, 4.69) is 0 Å². The van der Waals surface area contributed by atoms with E-state index in [0.717, 1.165) is 19.4 Å². The van der Waals surface area contributed by atoms with Crippen LogP contribution >= 0.6 is 0 Å². The maximum absolute atomic E-state index is 11.9. The summed E-state index contributed by atoms with van der Waals surface area (Å²) in [6, 6.07) is 6.30. The van der Waals surface area contributed by atoms with Crippen LogP contribution in [-0.2, 0) is 14.2 Å². The molecule has 0 bridgehead atoms. The molecule has 0 spiro atoms. The molecule has 1 atom stereocenters. The lowest BCUT2D eigenvalue weighted by molar-refractivity contribution is 0.0161. The number of hydrogen-bond acceptors (Lipinski definition) is 5. The van der Waals surface area contributed by atoms with Crippen molar-refractivity contribution in [1.29, 1.82) is 0 Å². The Morgan fingerprint density at radius 3 is 2.23 bits per heavy atom. The summed E-state index contributed by atoms with van der Waals surface area (Å²) in [7, 11) is 0. The Hall–Kier alpha value is -1.88. The van der Waals surface area contributed by atoms with Crippen LogP contribution in [0.5, 0.6) is 0 Å². The van der Waals surface area contributed by atoms with Gasteiger partial charge in [0, 0.05) is 6.61 Å². The van der Waals surface area contributed by atoms with Crippen molar-refractivity contribution in [2.75, 3.05) is 19.8 Å². The number of esters is 2. The Kier molecular flexibility index (Phi) is 5.95. The smallest absolute Gasteiger partial charge is 0.338 e. The average molecular weight is 306 g/mol. The van der Waals surface area contributed by atoms with Crippen molar-refractivity contribution in [3.8, 4) is 0 Å². The van der Waals surface area contributed by atoms with Crippen LogP contribution in [0.4, 0.5) is 0 Å². The second kappa shape index (κ2) is 7.94. The molecule has 1 aromatic rings. The zero-order valence-electron chi connectivity index (χ0n) is 13.0. The molecule has 0 N–H and O–H groups in total. The van der Waals surface area contributed by atoms with Crippen molar-refractivity contribution in [1.82, 2.24) is 0 Å². The van der Waals surface area contributed by atoms with Gasteiger partial charge in [0.25, 0.3) is 0 Å². The van der Waals surface area contributed by atoms with E-state index in [4.69, 9.17) is 14.2 Å². The molecule has 0 aromatic heterocycles. The minimum atomic E-state index is -0.405. The normalized spacial score (nSPS) is 17.5. The fourth-order valence-corrected chi connectivity index (χ4v) is 2.10. The first-order valence-electron chi connectivity index (χ1n) is 7.62. The molecule has 1 saturated heterocycles. The van der Waals surface area contributed by atoms with Crippen LogP contribution in [-0.4, -0.2) is 37.9 Å². The number of hydrogen-bond donors (Lipinski definition) is 0. The van der Waals surface area contributed by atoms with Gasteiger partial charge in [-0.3, -0.25) is 0 Å². The van der Waals surface area contributed by atoms with Gasteiger partial charge in [-0.1, -0.05) is 13.8 Å². The molecule has 1 unspecified atom stereocenters. The second-order valence-corrected chi connectivity index (χ2v) is 5.80. The maximum atomic E-state index is 11.9. The van der Waals surface area contributed by atoms with Crippen LogP contribution in [0.1, 0.15) is 47.4 Å². The molecule has 0 amide bonds. The fraction of sp³-hybridized carbons (Fsp3) is 0.529. The predicted octanol–water partition coefficient (Wildman–Crippen LogP) is 2.84. The highest BCUT2D eigenvalue weighted by Gasteiger charge is 2.18. The molecule has 1 aliphatic heterocycles. The van der Waals surface area contributed by atoms with Gasteiger partial charge in [-0.25, -0.2) is 9.59 Å². The van der Waals surface area contributed by atoms with Gasteiger partial charge < -0.3 is 14.2 Å². The number of carbonyl (C=O) groups is 2. The van der Waals surface area contributed by atoms with E-state index in [1.807, 2.05) is 13.8 Å². The van der Waals surface area contributed by atoms with Crippen LogP contribution in [0.15, 0.2) is 24.3 Å². The highest BCUT2D eigenvalue weighted by atomic mass is 16.6. The lowest BCUT2D eigenvalue weighted by atomic mass is 10.1. The van der Waals surface area contributed by atoms with Gasteiger partial charge in [0.2, 0.25) is 0 Å². The minimum absolute atomic E-state index is 0.00855. The average Bonchev–Trinajstić information content (AvgIpc) is 3.03. The Balaban J connectivity index is 1.84. The van der Waals surface area contributed by atoms with E-state index in [9.17, 15) is 9.59 Å². The molecular formula is C17H22O5. The second-order valence-electron chi connectivity index (χ2n) is 5.80. The van der Waals surface area contributed by atoms with E-state index < -0.39 is 5.97 Å². The summed E-state index contributed by atoms with van der Waals surface area (Å²) in [5.74, 6) is -0.499. The first-order chi connectivity index (χ1) is 10.6. The summed E-state index contributed by atoms with van der Waals surface area (Å²) in [4.78, 5) is 23.7. The third-order valence-electron chi connectivity index (χ3n) is 3.33. The Labute approximate surface area is 130 Å². The lowest BCUT2D eigenvalue weighted by Crippen LogP contribution is -2.18. The maximum Gasteiger partial charge on any atom is 0.338 e. The van der Waals surface area contributed by atoms with Crippen molar-refractivity contribution in [2.24, 2.45) is 5.92 Å². The monoisotopic (exact) mass is 306 g/mol. The van der Waals surface area contributed by atoms with E-state index in [1.165, 1.54) is 0 Å². The highest BCUT2D eigenvalue weighted by molar-refractivity contribution is 5.93. The van der Waals surface area contributed by atoms with Crippen molar-refractivity contribution < 1.29 is 23.8 Å². The van der Waals surface area contributed by atoms with Gasteiger partial charge in [-0.2, -0.15) is 0 Å². The van der Waals surface area contributed by atoms with Crippen LogP contribution in [0.2, 0.25) is 0 Å². The molecule has 2 rings (SSSR count). The third kappa shape index (κ3) is 4.84. The topological polar surface area (TPSA) is 61.8 Å². The lowest BCUT2D eigenvalue weighted by Gasteiger charge is -2.10. The highest BCUT2D eigenvalue weighted by Crippen LogP contribution is 2.13. The van der Waals surface area contributed by atoms with Crippen LogP contribution in [0, 0.1) is 5.92 Å². The summed E-state index contributed by atoms with van der Waals surface area (Å²) in [5, 5.41) is 0. The molecule has 1 fully saturated rings. The largest absolute Gasteiger partial charge is 0.462 e. The van der Waals surface area contributed by atoms with Crippen molar-refractivity contribution >= 4 is 11.9 Å². The molecule has 0 radical (unpaired) electrons. The molecule has 1 aliphatic rings. The summed E-state index contributed by atoms with van der Waals surface area (Å²) in [5.41, 5.74) is 0.842. The molecule has 120 valence electrons. The predicted molar refractivity (Wildman–Crippen MR) is 80.8 cm³/mol. The zero-order chi connectivity index (χ0) is 15.9. The van der Waals surface area contributed by atoms with Gasteiger partial charge in [0.1, 0.15) is 6.61 Å². The van der Waals surface area contributed by atoms with Gasteiger partial charge in [-0.15, -0.1) is 0 Å². The molecule has 0 saturated carbocycles. The number of benzene rings is 1. The van der Waals surface area contributed by atoms with E-state index >= 15 is 0 Å². The van der Waals surface area contributed by atoms with E-state index in [0.29, 0.717) is 17.7 Å². The summed E-state index contributed by atoms with van der Waals surface area (Å²) in [6.07, 6.45) is 1.94. The van der Waals surface area contributed by atoms with Crippen molar-refractivity contribution in [3.05, 3.63) is 35.4 Å². The fourth-order valence-electron chi connectivity index (χ4n) is 2.10. The number of ether oxygens (including phenoxy) is 3. The van der Waals surface area contributed by atoms with Crippen LogP contribution in [0.25, 0.3) is 0 Å². The first-order valence-corrected chi connectivity index (χ1v) is 7.62. The summed E-state index contributed by atoms with van der Waals surface area (Å²) < 4.78 is 15.7. The van der Waals surface area contributed by atoms with Crippen molar-refractivity contribution in [2.45, 2.75) is 32.8 Å². The minimum Gasteiger partial charge on any atom is -0.462 e. The van der Waals surface area contributed by atoms with Crippen LogP contribution < -0.4 is 0 Å². The molecule has 1 aromatic carbocycles. The molecule has 5 heteroatoms. The first kappa shape index (κ1) is 16.5. The summed E-state index contributed by atoms with van der Waals surface area (Å²) >= 11 is 0.